The van der Waals surface area contributed by atoms with Gasteiger partial charge in [0.2, 0.25) is 0 Å². The predicted octanol–water partition coefficient (Wildman–Crippen LogP) is 5.61. The lowest BCUT2D eigenvalue weighted by Crippen LogP contribution is -2.63. The van der Waals surface area contributed by atoms with E-state index in [0.29, 0.717) is 0 Å². The molecule has 0 spiro atoms. The molecule has 2 rings (SSSR count). The van der Waals surface area contributed by atoms with Gasteiger partial charge in [0.05, 0.1) is 5.56 Å². The van der Waals surface area contributed by atoms with Crippen LogP contribution in [0.1, 0.15) is 5.56 Å². The lowest BCUT2D eigenvalue weighted by molar-refractivity contribution is -0.382. The minimum Gasteiger partial charge on any atom is -0.376 e. The normalized spacial score (nSPS) is 13.9. The van der Waals surface area contributed by atoms with Crippen LogP contribution in [0.15, 0.2) is 34.8 Å². The summed E-state index contributed by atoms with van der Waals surface area (Å²) in [4.78, 5) is 0. The fraction of sp³-hybridized carbons (Fsp3) is 0.267. The van der Waals surface area contributed by atoms with Crippen LogP contribution in [-0.4, -0.2) is 31.7 Å². The smallest absolute Gasteiger partial charge is 0.376 e. The molecule has 0 heterocycles. The lowest BCUT2D eigenvalue weighted by Gasteiger charge is -2.32. The van der Waals surface area contributed by atoms with Crippen molar-refractivity contribution in [2.45, 2.75) is 23.3 Å². The van der Waals surface area contributed by atoms with E-state index in [4.69, 9.17) is 5.26 Å². The topological polar surface area (TPSA) is 67.2 Å². The highest BCUT2D eigenvalue weighted by atomic mass is 79.9. The molecule has 0 radical (unpaired) electrons. The summed E-state index contributed by atoms with van der Waals surface area (Å²) in [7, 11) is -7.18. The van der Waals surface area contributed by atoms with Crippen molar-refractivity contribution < 1.29 is 52.1 Å². The number of fused-ring (bicyclic) bond motifs is 1. The molecule has 0 aliphatic rings. The first-order chi connectivity index (χ1) is 13.4. The molecule has 0 N–H and O–H groups in total. The van der Waals surface area contributed by atoms with Gasteiger partial charge in [0.1, 0.15) is 6.07 Å². The number of rotatable bonds is 5. The molecule has 0 saturated heterocycles. The van der Waals surface area contributed by atoms with Gasteiger partial charge in [0.25, 0.3) is 0 Å². The Kier molecular flexibility index (Phi) is 5.77. The fourth-order valence-corrected chi connectivity index (χ4v) is 3.68. The van der Waals surface area contributed by atoms with Gasteiger partial charge in [-0.3, -0.25) is 0 Å². The Hall–Kier alpha value is -2.21. The van der Waals surface area contributed by atoms with Crippen molar-refractivity contribution in [2.24, 2.45) is 0 Å². The third-order valence-electron chi connectivity index (χ3n) is 3.69. The predicted molar refractivity (Wildman–Crippen MR) is 86.8 cm³/mol. The van der Waals surface area contributed by atoms with Gasteiger partial charge in [0, 0.05) is 9.86 Å². The summed E-state index contributed by atoms with van der Waals surface area (Å²) < 4.78 is 145. The number of hydrogen-bond acceptors (Lipinski definition) is 4. The summed E-state index contributed by atoms with van der Waals surface area (Å²) in [6, 6.07) is 6.98. The van der Waals surface area contributed by atoms with Crippen molar-refractivity contribution in [1.29, 1.82) is 5.26 Å². The van der Waals surface area contributed by atoms with E-state index >= 15 is 0 Å². The van der Waals surface area contributed by atoms with E-state index in [-0.39, 0.29) is 9.86 Å². The van der Waals surface area contributed by atoms with E-state index in [2.05, 4.69) is 20.1 Å². The van der Waals surface area contributed by atoms with Crippen molar-refractivity contribution in [2.75, 3.05) is 0 Å². The Morgan fingerprint density at radius 2 is 1.40 bits per heavy atom. The molecule has 0 aliphatic carbocycles. The van der Waals surface area contributed by atoms with Crippen LogP contribution in [0.5, 0.6) is 5.75 Å². The summed E-state index contributed by atoms with van der Waals surface area (Å²) in [5, 5.41) is 1.62. The molecule has 0 fully saturated rings. The molecule has 0 aliphatic heterocycles. The van der Waals surface area contributed by atoms with Gasteiger partial charge in [-0.05, 0) is 11.5 Å². The molecule has 2 aromatic rings. The minimum atomic E-state index is -7.45. The zero-order chi connectivity index (χ0) is 23.3. The molecule has 0 atom stereocenters. The van der Waals surface area contributed by atoms with Crippen LogP contribution in [0.3, 0.4) is 0 Å². The molecule has 15 heteroatoms. The highest BCUT2D eigenvalue weighted by molar-refractivity contribution is 9.10. The Bertz CT molecular complexity index is 1140. The largest absolute Gasteiger partial charge is 0.460 e. The average Bonchev–Trinajstić information content (AvgIpc) is 2.62. The van der Waals surface area contributed by atoms with Crippen molar-refractivity contribution in [3.8, 4) is 11.8 Å². The van der Waals surface area contributed by atoms with Gasteiger partial charge in [-0.1, -0.05) is 40.2 Å². The standard InChI is InChI=1S/C15H5BrF9NO3S/c16-10-5-7(6-26)11(9-4-2-1-3-8(9)10)29-30(27,28)15(24,25)13(19,20)12(17,18)14(21,22)23/h1-5H. The molecule has 164 valence electrons. The Balaban J connectivity index is 2.70. The van der Waals surface area contributed by atoms with Crippen LogP contribution in [-0.2, 0) is 10.1 Å². The van der Waals surface area contributed by atoms with E-state index in [1.807, 2.05) is 0 Å². The maximum absolute atomic E-state index is 13.9. The van der Waals surface area contributed by atoms with Crippen LogP contribution in [0, 0.1) is 11.3 Å². The first kappa shape index (κ1) is 24.1. The van der Waals surface area contributed by atoms with Gasteiger partial charge in [-0.2, -0.15) is 53.2 Å². The van der Waals surface area contributed by atoms with Crippen LogP contribution >= 0.6 is 15.9 Å². The third kappa shape index (κ3) is 3.45. The van der Waals surface area contributed by atoms with E-state index < -0.39 is 50.1 Å². The number of nitriles is 1. The van der Waals surface area contributed by atoms with Gasteiger partial charge in [-0.15, -0.1) is 0 Å². The quantitative estimate of drug-likeness (QED) is 0.373. The minimum absolute atomic E-state index is 0.0254. The zero-order valence-electron chi connectivity index (χ0n) is 13.7. The maximum Gasteiger partial charge on any atom is 0.460 e. The SMILES string of the molecule is N#Cc1cc(Br)c2ccccc2c1OS(=O)(=O)C(F)(F)C(F)(F)C(F)(F)C(F)(F)F. The molecular formula is C15H5BrF9NO3S. The number of alkyl halides is 9. The molecule has 2 aromatic carbocycles. The first-order valence-electron chi connectivity index (χ1n) is 7.18. The second kappa shape index (κ2) is 7.19. The van der Waals surface area contributed by atoms with Crippen molar-refractivity contribution in [1.82, 2.24) is 0 Å². The van der Waals surface area contributed by atoms with Gasteiger partial charge in [-0.25, -0.2) is 0 Å². The van der Waals surface area contributed by atoms with Crippen molar-refractivity contribution in [3.63, 3.8) is 0 Å². The Labute approximate surface area is 170 Å². The van der Waals surface area contributed by atoms with Crippen LogP contribution in [0.4, 0.5) is 39.5 Å². The number of halogens is 10. The molecule has 4 nitrogen and oxygen atoms in total. The molecule has 0 unspecified atom stereocenters. The Morgan fingerprint density at radius 1 is 0.900 bits per heavy atom. The van der Waals surface area contributed by atoms with E-state index in [0.717, 1.165) is 12.1 Å². The Morgan fingerprint density at radius 3 is 1.87 bits per heavy atom. The summed E-state index contributed by atoms with van der Waals surface area (Å²) in [6.45, 7) is 0. The molecular weight excluding hydrogens is 525 g/mol. The van der Waals surface area contributed by atoms with Gasteiger partial charge in [0.15, 0.2) is 5.75 Å². The van der Waals surface area contributed by atoms with Gasteiger partial charge >= 0.3 is 33.4 Å². The summed E-state index contributed by atoms with van der Waals surface area (Å²) in [5.74, 6) is -16.1. The molecule has 0 amide bonds. The zero-order valence-corrected chi connectivity index (χ0v) is 16.1. The van der Waals surface area contributed by atoms with Crippen LogP contribution in [0.25, 0.3) is 10.8 Å². The van der Waals surface area contributed by atoms with E-state index in [9.17, 15) is 47.9 Å². The third-order valence-corrected chi connectivity index (χ3v) is 5.61. The highest BCUT2D eigenvalue weighted by Gasteiger charge is 2.86. The van der Waals surface area contributed by atoms with Crippen molar-refractivity contribution >= 4 is 36.8 Å². The maximum atomic E-state index is 13.9. The van der Waals surface area contributed by atoms with Crippen LogP contribution < -0.4 is 4.18 Å². The second-order valence-corrected chi connectivity index (χ2v) is 8.04. The van der Waals surface area contributed by atoms with Crippen molar-refractivity contribution in [3.05, 3.63) is 40.4 Å². The average molecular weight is 530 g/mol. The summed E-state index contributed by atoms with van der Waals surface area (Å²) in [5.41, 5.74) is -0.814. The number of hydrogen-bond donors (Lipinski definition) is 0. The molecule has 30 heavy (non-hydrogen) atoms. The number of nitrogens with zero attached hydrogens (tertiary/aromatic N) is 1. The monoisotopic (exact) mass is 529 g/mol. The van der Waals surface area contributed by atoms with E-state index in [1.165, 1.54) is 24.3 Å². The fourth-order valence-electron chi connectivity index (χ4n) is 2.16. The highest BCUT2D eigenvalue weighted by Crippen LogP contribution is 2.55. The molecule has 0 bridgehead atoms. The van der Waals surface area contributed by atoms with Gasteiger partial charge < -0.3 is 4.18 Å². The van der Waals surface area contributed by atoms with E-state index in [1.54, 1.807) is 0 Å². The number of benzene rings is 2. The summed E-state index contributed by atoms with van der Waals surface area (Å²) in [6.07, 6.45) is -7.21. The first-order valence-corrected chi connectivity index (χ1v) is 9.38. The second-order valence-electron chi connectivity index (χ2n) is 5.59. The van der Waals surface area contributed by atoms with Crippen LogP contribution in [0.2, 0.25) is 0 Å². The summed E-state index contributed by atoms with van der Waals surface area (Å²) >= 11 is 2.97. The molecule has 0 saturated carbocycles. The molecule has 0 aromatic heterocycles. The lowest BCUT2D eigenvalue weighted by atomic mass is 10.1.